The van der Waals surface area contributed by atoms with E-state index in [-0.39, 0.29) is 0 Å². The van der Waals surface area contributed by atoms with Crippen LogP contribution < -0.4 is 0 Å². The van der Waals surface area contributed by atoms with E-state index in [9.17, 15) is 4.39 Å². The minimum atomic E-state index is -0.688. The molecule has 0 bridgehead atoms. The number of hydrogen-bond donors (Lipinski definition) is 0. The number of halogens is 1. The quantitative estimate of drug-likeness (QED) is 0.815. The van der Waals surface area contributed by atoms with Crippen molar-refractivity contribution >= 4 is 0 Å². The smallest absolute Gasteiger partial charge is 0.114 e. The summed E-state index contributed by atoms with van der Waals surface area (Å²) in [4.78, 5) is 2.28. The van der Waals surface area contributed by atoms with Crippen LogP contribution in [0.25, 0.3) is 0 Å². The van der Waals surface area contributed by atoms with Crippen LogP contribution in [0.2, 0.25) is 0 Å². The van der Waals surface area contributed by atoms with E-state index in [4.69, 9.17) is 0 Å². The molecule has 1 aliphatic rings. The molecule has 2 aromatic rings. The predicted molar refractivity (Wildman–Crippen MR) is 80.3 cm³/mol. The van der Waals surface area contributed by atoms with Crippen LogP contribution in [-0.2, 0) is 13.0 Å². The zero-order chi connectivity index (χ0) is 13.8. The molecule has 0 aliphatic carbocycles. The van der Waals surface area contributed by atoms with Crippen LogP contribution in [0.1, 0.15) is 17.5 Å². The fourth-order valence-electron chi connectivity index (χ4n) is 3.03. The third-order valence-electron chi connectivity index (χ3n) is 4.02. The van der Waals surface area contributed by atoms with Crippen LogP contribution in [-0.4, -0.2) is 23.7 Å². The van der Waals surface area contributed by atoms with Gasteiger partial charge in [-0.15, -0.1) is 0 Å². The first-order chi connectivity index (χ1) is 9.81. The number of rotatable bonds is 4. The molecule has 2 heteroatoms. The van der Waals surface area contributed by atoms with E-state index >= 15 is 0 Å². The summed E-state index contributed by atoms with van der Waals surface area (Å²) in [7, 11) is 0. The molecule has 0 amide bonds. The summed E-state index contributed by atoms with van der Waals surface area (Å²) in [5.41, 5.74) is 2.56. The van der Waals surface area contributed by atoms with Crippen molar-refractivity contribution in [1.29, 1.82) is 0 Å². The van der Waals surface area contributed by atoms with Gasteiger partial charge in [-0.05, 0) is 24.0 Å². The van der Waals surface area contributed by atoms with Gasteiger partial charge in [0, 0.05) is 19.1 Å². The fourth-order valence-corrected chi connectivity index (χ4v) is 3.03. The second kappa shape index (κ2) is 6.19. The van der Waals surface area contributed by atoms with Crippen molar-refractivity contribution < 1.29 is 4.39 Å². The first-order valence-corrected chi connectivity index (χ1v) is 7.27. The summed E-state index contributed by atoms with van der Waals surface area (Å²) < 4.78 is 13.8. The molecule has 2 atom stereocenters. The third-order valence-corrected chi connectivity index (χ3v) is 4.02. The number of alkyl halides is 1. The SMILES string of the molecule is FC1CC(Cc2ccccc2)N(Cc2ccccc2)C1. The Kier molecular flexibility index (Phi) is 4.12. The van der Waals surface area contributed by atoms with Gasteiger partial charge < -0.3 is 0 Å². The molecule has 1 fully saturated rings. The monoisotopic (exact) mass is 269 g/mol. The molecule has 0 saturated carbocycles. The van der Waals surface area contributed by atoms with Gasteiger partial charge >= 0.3 is 0 Å². The highest BCUT2D eigenvalue weighted by Gasteiger charge is 2.31. The van der Waals surface area contributed by atoms with Crippen molar-refractivity contribution in [3.63, 3.8) is 0 Å². The average Bonchev–Trinajstić information content (AvgIpc) is 2.81. The maximum atomic E-state index is 13.8. The second-order valence-corrected chi connectivity index (χ2v) is 5.59. The Morgan fingerprint density at radius 2 is 1.50 bits per heavy atom. The van der Waals surface area contributed by atoms with Gasteiger partial charge in [-0.2, -0.15) is 0 Å². The van der Waals surface area contributed by atoms with Crippen LogP contribution in [0, 0.1) is 0 Å². The molecule has 1 aliphatic heterocycles. The number of likely N-dealkylation sites (tertiary alicyclic amines) is 1. The van der Waals surface area contributed by atoms with Crippen LogP contribution >= 0.6 is 0 Å². The highest BCUT2D eigenvalue weighted by molar-refractivity contribution is 5.18. The van der Waals surface area contributed by atoms with Gasteiger partial charge in [0.05, 0.1) is 0 Å². The lowest BCUT2D eigenvalue weighted by Gasteiger charge is -2.24. The Morgan fingerprint density at radius 3 is 2.15 bits per heavy atom. The molecule has 1 heterocycles. The summed E-state index contributed by atoms with van der Waals surface area (Å²) >= 11 is 0. The molecule has 0 aromatic heterocycles. The van der Waals surface area contributed by atoms with Crippen molar-refractivity contribution in [3.05, 3.63) is 71.8 Å². The summed E-state index contributed by atoms with van der Waals surface area (Å²) in [6.07, 6.45) is 0.906. The van der Waals surface area contributed by atoms with Crippen molar-refractivity contribution in [1.82, 2.24) is 4.90 Å². The molecule has 2 aromatic carbocycles. The lowest BCUT2D eigenvalue weighted by Crippen LogP contribution is -2.30. The van der Waals surface area contributed by atoms with Gasteiger partial charge in [-0.25, -0.2) is 4.39 Å². The normalized spacial score (nSPS) is 23.1. The maximum Gasteiger partial charge on any atom is 0.114 e. The highest BCUT2D eigenvalue weighted by atomic mass is 19.1. The fraction of sp³-hybridized carbons (Fsp3) is 0.333. The number of benzene rings is 2. The zero-order valence-corrected chi connectivity index (χ0v) is 11.6. The van der Waals surface area contributed by atoms with Crippen molar-refractivity contribution in [3.8, 4) is 0 Å². The van der Waals surface area contributed by atoms with Gasteiger partial charge in [0.25, 0.3) is 0 Å². The Morgan fingerprint density at radius 1 is 0.900 bits per heavy atom. The summed E-state index contributed by atoms with van der Waals surface area (Å²) in [6, 6.07) is 21.1. The highest BCUT2D eigenvalue weighted by Crippen LogP contribution is 2.25. The molecule has 0 radical (unpaired) electrons. The van der Waals surface area contributed by atoms with Crippen LogP contribution in [0.3, 0.4) is 0 Å². The first-order valence-electron chi connectivity index (χ1n) is 7.27. The molecule has 3 rings (SSSR count). The summed E-state index contributed by atoms with van der Waals surface area (Å²) in [5, 5.41) is 0. The van der Waals surface area contributed by atoms with Crippen LogP contribution in [0.5, 0.6) is 0 Å². The van der Waals surface area contributed by atoms with Gasteiger partial charge in [0.2, 0.25) is 0 Å². The Balaban J connectivity index is 1.69. The standard InChI is InChI=1S/C18H20FN/c19-17-12-18(11-15-7-3-1-4-8-15)20(14-17)13-16-9-5-2-6-10-16/h1-10,17-18H,11-14H2. The molecule has 1 saturated heterocycles. The Bertz CT molecular complexity index is 476. The molecule has 1 nitrogen and oxygen atoms in total. The van der Waals surface area contributed by atoms with Crippen molar-refractivity contribution in [2.24, 2.45) is 0 Å². The van der Waals surface area contributed by atoms with E-state index in [2.05, 4.69) is 41.3 Å². The van der Waals surface area contributed by atoms with Crippen LogP contribution in [0.15, 0.2) is 60.7 Å². The Hall–Kier alpha value is -1.67. The topological polar surface area (TPSA) is 3.24 Å². The molecule has 0 spiro atoms. The lowest BCUT2D eigenvalue weighted by molar-refractivity contribution is 0.234. The molecular formula is C18H20FN. The first kappa shape index (κ1) is 13.3. The van der Waals surface area contributed by atoms with E-state index in [1.165, 1.54) is 11.1 Å². The number of nitrogens with zero attached hydrogens (tertiary/aromatic N) is 1. The predicted octanol–water partition coefficient (Wildman–Crippen LogP) is 3.84. The average molecular weight is 269 g/mol. The Labute approximate surface area is 120 Å². The van der Waals surface area contributed by atoms with Gasteiger partial charge in [0.15, 0.2) is 0 Å². The van der Waals surface area contributed by atoms with E-state index in [1.54, 1.807) is 0 Å². The van der Waals surface area contributed by atoms with E-state index in [1.807, 2.05) is 24.3 Å². The van der Waals surface area contributed by atoms with Crippen LogP contribution in [0.4, 0.5) is 4.39 Å². The molecule has 2 unspecified atom stereocenters. The van der Waals surface area contributed by atoms with Gasteiger partial charge in [-0.1, -0.05) is 60.7 Å². The lowest BCUT2D eigenvalue weighted by atomic mass is 10.0. The van der Waals surface area contributed by atoms with E-state index in [0.29, 0.717) is 19.0 Å². The third kappa shape index (κ3) is 3.26. The van der Waals surface area contributed by atoms with E-state index in [0.717, 1.165) is 13.0 Å². The second-order valence-electron chi connectivity index (χ2n) is 5.59. The summed E-state index contributed by atoms with van der Waals surface area (Å²) in [5.74, 6) is 0. The minimum absolute atomic E-state index is 0.313. The largest absolute Gasteiger partial charge is 0.293 e. The maximum absolute atomic E-state index is 13.8. The number of hydrogen-bond acceptors (Lipinski definition) is 1. The minimum Gasteiger partial charge on any atom is -0.293 e. The van der Waals surface area contributed by atoms with Gasteiger partial charge in [-0.3, -0.25) is 4.90 Å². The molecule has 20 heavy (non-hydrogen) atoms. The zero-order valence-electron chi connectivity index (χ0n) is 11.6. The molecular weight excluding hydrogens is 249 g/mol. The van der Waals surface area contributed by atoms with Gasteiger partial charge in [0.1, 0.15) is 6.17 Å². The van der Waals surface area contributed by atoms with Crippen molar-refractivity contribution in [2.75, 3.05) is 6.54 Å². The van der Waals surface area contributed by atoms with E-state index < -0.39 is 6.17 Å². The molecule has 104 valence electrons. The van der Waals surface area contributed by atoms with Crippen molar-refractivity contribution in [2.45, 2.75) is 31.6 Å². The summed E-state index contributed by atoms with van der Waals surface area (Å²) in [6.45, 7) is 1.41. The molecule has 0 N–H and O–H groups in total.